The van der Waals surface area contributed by atoms with Crippen molar-refractivity contribution in [3.05, 3.63) is 29.8 Å². The molecule has 5 heteroatoms. The lowest BCUT2D eigenvalue weighted by Crippen LogP contribution is -2.51. The Morgan fingerprint density at radius 2 is 2.11 bits per heavy atom. The first kappa shape index (κ1) is 12.2. The summed E-state index contributed by atoms with van der Waals surface area (Å²) >= 11 is 0. The lowest BCUT2D eigenvalue weighted by molar-refractivity contribution is -0.128. The number of carbonyl (C=O) groups is 2. The second-order valence-electron chi connectivity index (χ2n) is 5.33. The molecule has 0 aromatic heterocycles. The number of amides is 2. The van der Waals surface area contributed by atoms with Crippen LogP contribution in [0.4, 0.5) is 5.69 Å². The zero-order valence-corrected chi connectivity index (χ0v) is 10.6. The Kier molecular flexibility index (Phi) is 2.78. The van der Waals surface area contributed by atoms with Gasteiger partial charge >= 0.3 is 0 Å². The van der Waals surface area contributed by atoms with Crippen LogP contribution in [0.15, 0.2) is 24.3 Å². The minimum atomic E-state index is -0.554. The van der Waals surface area contributed by atoms with E-state index in [-0.39, 0.29) is 24.9 Å². The fraction of sp³-hybridized carbons (Fsp3) is 0.429. The highest BCUT2D eigenvalue weighted by Crippen LogP contribution is 2.38. The van der Waals surface area contributed by atoms with Crippen LogP contribution in [0.25, 0.3) is 0 Å². The average Bonchev–Trinajstić information content (AvgIpc) is 3.10. The smallest absolute Gasteiger partial charge is 0.246 e. The molecule has 1 saturated heterocycles. The number of carbonyl (C=O) groups excluding carboxylic acids is 2. The van der Waals surface area contributed by atoms with Crippen molar-refractivity contribution < 1.29 is 14.7 Å². The van der Waals surface area contributed by atoms with Crippen molar-refractivity contribution in [2.24, 2.45) is 0 Å². The van der Waals surface area contributed by atoms with Crippen LogP contribution in [-0.4, -0.2) is 35.6 Å². The number of nitrogens with one attached hydrogen (secondary N) is 1. The van der Waals surface area contributed by atoms with Gasteiger partial charge in [0.25, 0.3) is 0 Å². The zero-order valence-electron chi connectivity index (χ0n) is 10.6. The summed E-state index contributed by atoms with van der Waals surface area (Å²) in [5, 5.41) is 12.5. The molecule has 0 unspecified atom stereocenters. The minimum Gasteiger partial charge on any atom is -0.390 e. The highest BCUT2D eigenvalue weighted by molar-refractivity contribution is 6.04. The third-order valence-electron chi connectivity index (χ3n) is 3.62. The Bertz CT molecular complexity index is 537. The molecule has 0 atom stereocenters. The minimum absolute atomic E-state index is 0.0486. The number of piperazine rings is 1. The van der Waals surface area contributed by atoms with E-state index in [4.69, 9.17) is 0 Å². The summed E-state index contributed by atoms with van der Waals surface area (Å²) in [4.78, 5) is 24.7. The van der Waals surface area contributed by atoms with Crippen LogP contribution >= 0.6 is 0 Å². The summed E-state index contributed by atoms with van der Waals surface area (Å²) in [5.74, 6) is -0.257. The van der Waals surface area contributed by atoms with E-state index in [0.717, 1.165) is 24.1 Å². The van der Waals surface area contributed by atoms with Crippen LogP contribution in [0.1, 0.15) is 18.4 Å². The van der Waals surface area contributed by atoms with Crippen molar-refractivity contribution >= 4 is 17.5 Å². The number of aliphatic hydroxyl groups is 1. The van der Waals surface area contributed by atoms with Gasteiger partial charge in [-0.1, -0.05) is 12.1 Å². The van der Waals surface area contributed by atoms with Crippen LogP contribution in [-0.2, 0) is 16.0 Å². The summed E-state index contributed by atoms with van der Waals surface area (Å²) in [6.45, 7) is 0.111. The number of benzene rings is 1. The Hall–Kier alpha value is -1.88. The molecule has 2 N–H and O–H groups in total. The fourth-order valence-corrected chi connectivity index (χ4v) is 2.33. The second-order valence-corrected chi connectivity index (χ2v) is 5.33. The van der Waals surface area contributed by atoms with Crippen molar-refractivity contribution in [1.82, 2.24) is 5.32 Å². The SMILES string of the molecule is O=C1CN(c2cccc(CC3(O)CC3)c2)C(=O)CN1. The van der Waals surface area contributed by atoms with Gasteiger partial charge in [0.1, 0.15) is 6.54 Å². The molecule has 2 fully saturated rings. The first-order chi connectivity index (χ1) is 9.06. The van der Waals surface area contributed by atoms with Crippen LogP contribution in [0.3, 0.4) is 0 Å². The summed E-state index contributed by atoms with van der Waals surface area (Å²) in [6.07, 6.45) is 2.28. The van der Waals surface area contributed by atoms with Crippen molar-refractivity contribution in [2.75, 3.05) is 18.0 Å². The highest BCUT2D eigenvalue weighted by Gasteiger charge is 2.40. The number of hydrogen-bond acceptors (Lipinski definition) is 3. The molecule has 0 spiro atoms. The third-order valence-corrected chi connectivity index (χ3v) is 3.62. The first-order valence-electron chi connectivity index (χ1n) is 6.44. The molecule has 1 aliphatic heterocycles. The Labute approximate surface area is 111 Å². The molecule has 2 amide bonds. The standard InChI is InChI=1S/C14H16N2O3/c17-12-9-16(13(18)8-15-12)11-3-1-2-10(6-11)7-14(19)4-5-14/h1-3,6,19H,4-5,7-9H2,(H,15,17). The molecule has 2 aliphatic rings. The van der Waals surface area contributed by atoms with Crippen LogP contribution in [0.2, 0.25) is 0 Å². The summed E-state index contributed by atoms with van der Waals surface area (Å²) < 4.78 is 0. The van der Waals surface area contributed by atoms with Gasteiger partial charge in [0, 0.05) is 12.1 Å². The van der Waals surface area contributed by atoms with Gasteiger partial charge < -0.3 is 15.3 Å². The van der Waals surface area contributed by atoms with E-state index in [1.54, 1.807) is 0 Å². The second kappa shape index (κ2) is 4.35. The van der Waals surface area contributed by atoms with Gasteiger partial charge in [-0.3, -0.25) is 9.59 Å². The van der Waals surface area contributed by atoms with Crippen molar-refractivity contribution in [1.29, 1.82) is 0 Å². The number of rotatable bonds is 3. The summed E-state index contributed by atoms with van der Waals surface area (Å²) in [7, 11) is 0. The molecule has 1 aromatic carbocycles. The highest BCUT2D eigenvalue weighted by atomic mass is 16.3. The van der Waals surface area contributed by atoms with Crippen LogP contribution in [0, 0.1) is 0 Å². The van der Waals surface area contributed by atoms with Gasteiger partial charge in [0.05, 0.1) is 12.1 Å². The van der Waals surface area contributed by atoms with E-state index in [0.29, 0.717) is 6.42 Å². The fourth-order valence-electron chi connectivity index (χ4n) is 2.33. The lowest BCUT2D eigenvalue weighted by atomic mass is 10.1. The van der Waals surface area contributed by atoms with Gasteiger partial charge in [-0.05, 0) is 30.5 Å². The summed E-state index contributed by atoms with van der Waals surface area (Å²) in [5.41, 5.74) is 1.17. The molecule has 1 saturated carbocycles. The quantitative estimate of drug-likeness (QED) is 0.816. The maximum Gasteiger partial charge on any atom is 0.246 e. The Balaban J connectivity index is 1.81. The topological polar surface area (TPSA) is 69.6 Å². The number of anilines is 1. The van der Waals surface area contributed by atoms with E-state index >= 15 is 0 Å². The maximum atomic E-state index is 11.8. The van der Waals surface area contributed by atoms with Crippen molar-refractivity contribution in [3.63, 3.8) is 0 Å². The molecule has 0 radical (unpaired) electrons. The van der Waals surface area contributed by atoms with Gasteiger partial charge in [-0.2, -0.15) is 0 Å². The zero-order chi connectivity index (χ0) is 13.5. The van der Waals surface area contributed by atoms with E-state index in [9.17, 15) is 14.7 Å². The monoisotopic (exact) mass is 260 g/mol. The van der Waals surface area contributed by atoms with Gasteiger partial charge in [0.2, 0.25) is 11.8 Å². The van der Waals surface area contributed by atoms with Crippen molar-refractivity contribution in [2.45, 2.75) is 24.9 Å². The molecule has 5 nitrogen and oxygen atoms in total. The molecule has 0 bridgehead atoms. The summed E-state index contributed by atoms with van der Waals surface area (Å²) in [6, 6.07) is 7.49. The lowest BCUT2D eigenvalue weighted by Gasteiger charge is -2.27. The Morgan fingerprint density at radius 1 is 1.32 bits per heavy atom. The van der Waals surface area contributed by atoms with Crippen LogP contribution < -0.4 is 10.2 Å². The molecule has 100 valence electrons. The third kappa shape index (κ3) is 2.61. The van der Waals surface area contributed by atoms with E-state index in [1.807, 2.05) is 24.3 Å². The largest absolute Gasteiger partial charge is 0.390 e. The average molecular weight is 260 g/mol. The van der Waals surface area contributed by atoms with Gasteiger partial charge in [-0.25, -0.2) is 0 Å². The predicted octanol–water partition coefficient (Wildman–Crippen LogP) is 0.217. The van der Waals surface area contributed by atoms with Gasteiger partial charge in [-0.15, -0.1) is 0 Å². The number of hydrogen-bond donors (Lipinski definition) is 2. The molecule has 19 heavy (non-hydrogen) atoms. The van der Waals surface area contributed by atoms with E-state index in [1.165, 1.54) is 4.90 Å². The first-order valence-corrected chi connectivity index (χ1v) is 6.44. The molecule has 3 rings (SSSR count). The van der Waals surface area contributed by atoms with Crippen molar-refractivity contribution in [3.8, 4) is 0 Å². The number of nitrogens with zero attached hydrogens (tertiary/aromatic N) is 1. The molecular formula is C14H16N2O3. The Morgan fingerprint density at radius 3 is 2.84 bits per heavy atom. The van der Waals surface area contributed by atoms with Gasteiger partial charge in [0.15, 0.2) is 0 Å². The van der Waals surface area contributed by atoms with E-state index in [2.05, 4.69) is 5.32 Å². The maximum absolute atomic E-state index is 11.8. The normalized spacial score (nSPS) is 21.2. The molecular weight excluding hydrogens is 244 g/mol. The molecule has 1 aliphatic carbocycles. The molecule has 1 aromatic rings. The molecule has 1 heterocycles. The van der Waals surface area contributed by atoms with E-state index < -0.39 is 5.60 Å². The predicted molar refractivity (Wildman–Crippen MR) is 69.7 cm³/mol. The van der Waals surface area contributed by atoms with Crippen LogP contribution in [0.5, 0.6) is 0 Å².